The van der Waals surface area contributed by atoms with Crippen molar-refractivity contribution >= 4 is 45.8 Å². The molecular weight excluding hydrogens is 373 g/mol. The average Bonchev–Trinajstić information content (AvgIpc) is 2.41. The molecule has 0 saturated heterocycles. The Kier molecular flexibility index (Phi) is 4.47. The zero-order valence-corrected chi connectivity index (χ0v) is 13.6. The number of anilines is 1. The van der Waals surface area contributed by atoms with Gasteiger partial charge in [0.15, 0.2) is 0 Å². The Labute approximate surface area is 131 Å². The first-order valence-corrected chi connectivity index (χ1v) is 7.24. The molecular formula is C15H13ClINO. The largest absolute Gasteiger partial charge is 0.311 e. The van der Waals surface area contributed by atoms with Crippen molar-refractivity contribution in [3.8, 4) is 0 Å². The van der Waals surface area contributed by atoms with Gasteiger partial charge in [0.05, 0.1) is 5.02 Å². The zero-order chi connectivity index (χ0) is 14.0. The summed E-state index contributed by atoms with van der Waals surface area (Å²) >= 11 is 8.19. The molecule has 0 saturated carbocycles. The zero-order valence-electron chi connectivity index (χ0n) is 10.7. The van der Waals surface area contributed by atoms with Gasteiger partial charge in [0.25, 0.3) is 5.91 Å². The topological polar surface area (TPSA) is 20.3 Å². The van der Waals surface area contributed by atoms with Crippen LogP contribution in [0.25, 0.3) is 0 Å². The minimum Gasteiger partial charge on any atom is -0.311 e. The third-order valence-electron chi connectivity index (χ3n) is 2.89. The van der Waals surface area contributed by atoms with Crippen LogP contribution in [0.15, 0.2) is 42.5 Å². The molecule has 2 aromatic carbocycles. The fourth-order valence-corrected chi connectivity index (χ4v) is 2.22. The van der Waals surface area contributed by atoms with E-state index in [4.69, 9.17) is 11.6 Å². The lowest BCUT2D eigenvalue weighted by molar-refractivity contribution is 0.0993. The molecule has 0 atom stereocenters. The molecule has 0 spiro atoms. The fourth-order valence-electron chi connectivity index (χ4n) is 1.71. The number of carbonyl (C=O) groups is 1. The Morgan fingerprint density at radius 3 is 2.37 bits per heavy atom. The van der Waals surface area contributed by atoms with Gasteiger partial charge in [0.2, 0.25) is 0 Å². The molecule has 98 valence electrons. The Bertz CT molecular complexity index is 610. The first-order valence-electron chi connectivity index (χ1n) is 5.79. The van der Waals surface area contributed by atoms with E-state index in [1.807, 2.05) is 37.3 Å². The summed E-state index contributed by atoms with van der Waals surface area (Å²) in [5.41, 5.74) is 2.63. The quantitative estimate of drug-likeness (QED) is 0.696. The number of hydrogen-bond acceptors (Lipinski definition) is 1. The standard InChI is InChI=1S/C15H13ClINO/c1-10-3-6-12(7-4-10)18(2)15(19)11-5-8-14(17)13(16)9-11/h3-9H,1-2H3. The summed E-state index contributed by atoms with van der Waals surface area (Å²) < 4.78 is 0.939. The molecule has 2 rings (SSSR count). The number of aryl methyl sites for hydroxylation is 1. The summed E-state index contributed by atoms with van der Waals surface area (Å²) in [6.45, 7) is 2.02. The van der Waals surface area contributed by atoms with E-state index >= 15 is 0 Å². The number of carbonyl (C=O) groups excluding carboxylic acids is 1. The van der Waals surface area contributed by atoms with Crippen LogP contribution in [0.5, 0.6) is 0 Å². The van der Waals surface area contributed by atoms with Gasteiger partial charge < -0.3 is 4.90 Å². The normalized spacial score (nSPS) is 10.3. The van der Waals surface area contributed by atoms with Crippen molar-refractivity contribution in [3.63, 3.8) is 0 Å². The van der Waals surface area contributed by atoms with Gasteiger partial charge in [-0.15, -0.1) is 0 Å². The van der Waals surface area contributed by atoms with E-state index < -0.39 is 0 Å². The summed E-state index contributed by atoms with van der Waals surface area (Å²) in [6.07, 6.45) is 0. The van der Waals surface area contributed by atoms with E-state index in [9.17, 15) is 4.79 Å². The predicted octanol–water partition coefficient (Wildman–Crippen LogP) is 4.53. The van der Waals surface area contributed by atoms with Crippen LogP contribution in [0.1, 0.15) is 15.9 Å². The van der Waals surface area contributed by atoms with E-state index in [1.165, 1.54) is 5.56 Å². The number of rotatable bonds is 2. The van der Waals surface area contributed by atoms with Crippen LogP contribution in [0.2, 0.25) is 5.02 Å². The van der Waals surface area contributed by atoms with Gasteiger partial charge in [-0.1, -0.05) is 29.3 Å². The molecule has 0 aliphatic rings. The third-order valence-corrected chi connectivity index (χ3v) is 4.46. The summed E-state index contributed by atoms with van der Waals surface area (Å²) in [5.74, 6) is -0.0675. The van der Waals surface area contributed by atoms with Crippen molar-refractivity contribution < 1.29 is 4.79 Å². The second-order valence-electron chi connectivity index (χ2n) is 4.33. The van der Waals surface area contributed by atoms with E-state index in [2.05, 4.69) is 22.6 Å². The molecule has 0 heterocycles. The van der Waals surface area contributed by atoms with Gasteiger partial charge in [-0.25, -0.2) is 0 Å². The van der Waals surface area contributed by atoms with E-state index in [-0.39, 0.29) is 5.91 Å². The monoisotopic (exact) mass is 385 g/mol. The molecule has 2 nitrogen and oxygen atoms in total. The molecule has 0 N–H and O–H groups in total. The molecule has 2 aromatic rings. The summed E-state index contributed by atoms with van der Waals surface area (Å²) in [7, 11) is 1.76. The van der Waals surface area contributed by atoms with Crippen molar-refractivity contribution in [2.75, 3.05) is 11.9 Å². The highest BCUT2D eigenvalue weighted by Gasteiger charge is 2.14. The lowest BCUT2D eigenvalue weighted by atomic mass is 10.1. The van der Waals surface area contributed by atoms with Crippen LogP contribution >= 0.6 is 34.2 Å². The van der Waals surface area contributed by atoms with E-state index in [0.29, 0.717) is 10.6 Å². The van der Waals surface area contributed by atoms with Gasteiger partial charge >= 0.3 is 0 Å². The van der Waals surface area contributed by atoms with Gasteiger partial charge in [-0.3, -0.25) is 4.79 Å². The Morgan fingerprint density at radius 2 is 1.79 bits per heavy atom. The Morgan fingerprint density at radius 1 is 1.16 bits per heavy atom. The minimum atomic E-state index is -0.0675. The van der Waals surface area contributed by atoms with Crippen LogP contribution < -0.4 is 4.90 Å². The molecule has 0 fully saturated rings. The van der Waals surface area contributed by atoms with Crippen molar-refractivity contribution in [1.82, 2.24) is 0 Å². The number of benzene rings is 2. The van der Waals surface area contributed by atoms with E-state index in [0.717, 1.165) is 9.26 Å². The number of amides is 1. The molecule has 4 heteroatoms. The highest BCUT2D eigenvalue weighted by Crippen LogP contribution is 2.22. The highest BCUT2D eigenvalue weighted by atomic mass is 127. The molecule has 0 radical (unpaired) electrons. The second-order valence-corrected chi connectivity index (χ2v) is 5.90. The molecule has 1 amide bonds. The predicted molar refractivity (Wildman–Crippen MR) is 88.1 cm³/mol. The lowest BCUT2D eigenvalue weighted by Crippen LogP contribution is -2.26. The Balaban J connectivity index is 2.28. The smallest absolute Gasteiger partial charge is 0.258 e. The first kappa shape index (κ1) is 14.3. The van der Waals surface area contributed by atoms with Crippen LogP contribution in [0.4, 0.5) is 5.69 Å². The first-order chi connectivity index (χ1) is 8.99. The van der Waals surface area contributed by atoms with Crippen molar-refractivity contribution in [1.29, 1.82) is 0 Å². The number of halogens is 2. The van der Waals surface area contributed by atoms with Crippen molar-refractivity contribution in [2.24, 2.45) is 0 Å². The molecule has 0 aromatic heterocycles. The highest BCUT2D eigenvalue weighted by molar-refractivity contribution is 14.1. The maximum Gasteiger partial charge on any atom is 0.258 e. The van der Waals surface area contributed by atoms with Gasteiger partial charge in [-0.05, 0) is 59.8 Å². The molecule has 0 aliphatic heterocycles. The molecule has 0 unspecified atom stereocenters. The molecule has 19 heavy (non-hydrogen) atoms. The van der Waals surface area contributed by atoms with Gasteiger partial charge in [0.1, 0.15) is 0 Å². The fraction of sp³-hybridized carbons (Fsp3) is 0.133. The van der Waals surface area contributed by atoms with E-state index in [1.54, 1.807) is 24.1 Å². The van der Waals surface area contributed by atoms with Crippen LogP contribution in [-0.2, 0) is 0 Å². The molecule has 0 bridgehead atoms. The van der Waals surface area contributed by atoms with Gasteiger partial charge in [-0.2, -0.15) is 0 Å². The van der Waals surface area contributed by atoms with Crippen molar-refractivity contribution in [2.45, 2.75) is 6.92 Å². The molecule has 0 aliphatic carbocycles. The summed E-state index contributed by atoms with van der Waals surface area (Å²) in [5, 5.41) is 0.601. The average molecular weight is 386 g/mol. The number of hydrogen-bond donors (Lipinski definition) is 0. The summed E-state index contributed by atoms with van der Waals surface area (Å²) in [4.78, 5) is 14.0. The third kappa shape index (κ3) is 3.28. The lowest BCUT2D eigenvalue weighted by Gasteiger charge is -2.17. The van der Waals surface area contributed by atoms with Crippen molar-refractivity contribution in [3.05, 3.63) is 62.2 Å². The maximum absolute atomic E-state index is 12.4. The second kappa shape index (κ2) is 5.92. The number of nitrogens with zero attached hydrogens (tertiary/aromatic N) is 1. The minimum absolute atomic E-state index is 0.0675. The van der Waals surface area contributed by atoms with Gasteiger partial charge in [0, 0.05) is 21.9 Å². The SMILES string of the molecule is Cc1ccc(N(C)C(=O)c2ccc(I)c(Cl)c2)cc1. The van der Waals surface area contributed by atoms with Crippen LogP contribution in [0, 0.1) is 10.5 Å². The Hall–Kier alpha value is -1.07. The summed E-state index contributed by atoms with van der Waals surface area (Å²) in [6, 6.07) is 13.2. The maximum atomic E-state index is 12.4. The van der Waals surface area contributed by atoms with Crippen LogP contribution in [-0.4, -0.2) is 13.0 Å². The van der Waals surface area contributed by atoms with Crippen LogP contribution in [0.3, 0.4) is 0 Å².